The van der Waals surface area contributed by atoms with E-state index in [1.54, 1.807) is 41.0 Å². The fraction of sp³-hybridized carbons (Fsp3) is 0.300. The maximum atomic E-state index is 15.2. The Morgan fingerprint density at radius 1 is 1.04 bits per heavy atom. The molecule has 3 heterocycles. The molecule has 2 aliphatic heterocycles. The van der Waals surface area contributed by atoms with Crippen molar-refractivity contribution in [1.29, 1.82) is 0 Å². The fourth-order valence-corrected chi connectivity index (χ4v) is 12.3. The van der Waals surface area contributed by atoms with Crippen LogP contribution in [-0.2, 0) is 28.1 Å². The molecule has 5 aromatic rings. The highest BCUT2D eigenvalue weighted by Gasteiger charge is 2.66. The Labute approximate surface area is 304 Å². The number of nitrogen functional groups attached to an aromatic ring is 1. The number of aromatic nitrogens is 3. The monoisotopic (exact) mass is 716 g/mol. The molecule has 4 N–H and O–H groups in total. The molecule has 11 nitrogen and oxygen atoms in total. The molecule has 52 heavy (non-hydrogen) atoms. The van der Waals surface area contributed by atoms with E-state index < -0.39 is 13.7 Å². The van der Waals surface area contributed by atoms with Crippen LogP contribution in [0.2, 0.25) is 18.6 Å². The van der Waals surface area contributed by atoms with Crippen LogP contribution in [0.15, 0.2) is 103 Å². The maximum absolute atomic E-state index is 15.2. The van der Waals surface area contributed by atoms with Gasteiger partial charge < -0.3 is 25.6 Å². The molecular weight excluding hydrogens is 673 g/mol. The van der Waals surface area contributed by atoms with E-state index in [0.29, 0.717) is 36.3 Å². The van der Waals surface area contributed by atoms with Crippen molar-refractivity contribution in [2.45, 2.75) is 56.7 Å². The first kappa shape index (κ1) is 35.1. The molecule has 4 aromatic carbocycles. The SMILES string of the molecule is COc1ccc([Si](C)(C)[C@H]2[C@H](CCn3cc(CCO)nn3)O[C@@]3(C(=O)N(c4ccccc4)c4ccc(NC(=O)c5ccc(N)cc5)cc43)[C@@H]2C)cc1. The van der Waals surface area contributed by atoms with E-state index in [1.807, 2.05) is 66.9 Å². The number of hydrogen-bond donors (Lipinski definition) is 3. The Bertz CT molecular complexity index is 2070. The number of fused-ring (bicyclic) bond motifs is 2. The van der Waals surface area contributed by atoms with Crippen LogP contribution in [0.3, 0.4) is 0 Å². The molecule has 7 rings (SSSR count). The number of benzene rings is 4. The Hall–Kier alpha value is -5.30. The van der Waals surface area contributed by atoms with Gasteiger partial charge in [-0.15, -0.1) is 5.10 Å². The minimum absolute atomic E-state index is 0.00174. The van der Waals surface area contributed by atoms with Crippen molar-refractivity contribution in [2.24, 2.45) is 5.92 Å². The lowest BCUT2D eigenvalue weighted by atomic mass is 9.82. The number of carbonyl (C=O) groups excluding carboxylic acids is 2. The van der Waals surface area contributed by atoms with Gasteiger partial charge in [0.25, 0.3) is 11.8 Å². The number of hydrogen-bond acceptors (Lipinski definition) is 8. The molecular formula is C40H44N6O5Si. The molecule has 2 amide bonds. The normalized spacial score (nSPS) is 21.1. The van der Waals surface area contributed by atoms with Gasteiger partial charge in [-0.05, 0) is 78.7 Å². The number of methoxy groups -OCH3 is 1. The number of amides is 2. The molecule has 0 aliphatic carbocycles. The Balaban J connectivity index is 1.32. The lowest BCUT2D eigenvalue weighted by Crippen LogP contribution is -2.51. The molecule has 1 aromatic heterocycles. The number of ether oxygens (including phenoxy) is 2. The van der Waals surface area contributed by atoms with Crippen LogP contribution in [-0.4, -0.2) is 59.8 Å². The first-order valence-corrected chi connectivity index (χ1v) is 20.7. The molecule has 268 valence electrons. The highest BCUT2D eigenvalue weighted by atomic mass is 28.3. The number of aryl methyl sites for hydroxylation is 1. The van der Waals surface area contributed by atoms with Crippen LogP contribution in [0.1, 0.15) is 35.0 Å². The van der Waals surface area contributed by atoms with E-state index >= 15 is 4.79 Å². The molecule has 0 saturated carbocycles. The molecule has 4 atom stereocenters. The zero-order valence-electron chi connectivity index (χ0n) is 29.8. The number of nitrogens with one attached hydrogen (secondary N) is 1. The lowest BCUT2D eigenvalue weighted by molar-refractivity contribution is -0.145. The number of nitrogens with two attached hydrogens (primary N) is 1. The number of para-hydroxylation sites is 1. The molecule has 0 radical (unpaired) electrons. The van der Waals surface area contributed by atoms with Gasteiger partial charge in [0.2, 0.25) is 0 Å². The largest absolute Gasteiger partial charge is 0.497 e. The summed E-state index contributed by atoms with van der Waals surface area (Å²) < 4.78 is 14.6. The molecule has 0 unspecified atom stereocenters. The third-order valence-electron chi connectivity index (χ3n) is 10.8. The first-order chi connectivity index (χ1) is 25.1. The third-order valence-corrected chi connectivity index (χ3v) is 15.1. The minimum atomic E-state index is -2.40. The molecule has 12 heteroatoms. The van der Waals surface area contributed by atoms with Crippen molar-refractivity contribution in [3.8, 4) is 5.75 Å². The van der Waals surface area contributed by atoms with E-state index in [4.69, 9.17) is 15.2 Å². The summed E-state index contributed by atoms with van der Waals surface area (Å²) in [5.41, 5.74) is 9.05. The van der Waals surface area contributed by atoms with Crippen LogP contribution in [0.4, 0.5) is 22.7 Å². The summed E-state index contributed by atoms with van der Waals surface area (Å²) in [6.45, 7) is 7.36. The predicted octanol–water partition coefficient (Wildman–Crippen LogP) is 5.64. The number of carbonyl (C=O) groups is 2. The van der Waals surface area contributed by atoms with Crippen molar-refractivity contribution < 1.29 is 24.2 Å². The summed E-state index contributed by atoms with van der Waals surface area (Å²) in [6.07, 6.45) is 2.56. The van der Waals surface area contributed by atoms with E-state index in [9.17, 15) is 9.90 Å². The van der Waals surface area contributed by atoms with Gasteiger partial charge in [-0.1, -0.05) is 60.7 Å². The average Bonchev–Trinajstić information content (AvgIpc) is 3.80. The van der Waals surface area contributed by atoms with Crippen molar-refractivity contribution in [3.05, 3.63) is 120 Å². The second kappa shape index (κ2) is 14.0. The van der Waals surface area contributed by atoms with Crippen molar-refractivity contribution >= 4 is 47.8 Å². The van der Waals surface area contributed by atoms with Gasteiger partial charge in [0.15, 0.2) is 5.60 Å². The van der Waals surface area contributed by atoms with Gasteiger partial charge in [-0.25, -0.2) is 0 Å². The Kier molecular flexibility index (Phi) is 9.47. The van der Waals surface area contributed by atoms with Gasteiger partial charge in [0.05, 0.1) is 32.7 Å². The van der Waals surface area contributed by atoms with Gasteiger partial charge >= 0.3 is 0 Å². The minimum Gasteiger partial charge on any atom is -0.497 e. The third kappa shape index (κ3) is 6.16. The zero-order valence-corrected chi connectivity index (χ0v) is 30.8. The molecule has 0 bridgehead atoms. The van der Waals surface area contributed by atoms with Gasteiger partial charge in [0.1, 0.15) is 5.75 Å². The zero-order chi connectivity index (χ0) is 36.6. The summed E-state index contributed by atoms with van der Waals surface area (Å²) >= 11 is 0. The molecule has 2 aliphatic rings. The maximum Gasteiger partial charge on any atom is 0.268 e. The van der Waals surface area contributed by atoms with E-state index in [1.165, 1.54) is 5.19 Å². The summed E-state index contributed by atoms with van der Waals surface area (Å²) in [4.78, 5) is 30.3. The van der Waals surface area contributed by atoms with Crippen LogP contribution >= 0.6 is 0 Å². The number of aliphatic hydroxyl groups is 1. The molecule has 1 fully saturated rings. The van der Waals surface area contributed by atoms with Gasteiger partial charge in [0, 0.05) is 59.9 Å². The fourth-order valence-electron chi connectivity index (χ4n) is 8.19. The number of aliphatic hydroxyl groups excluding tert-OH is 1. The summed E-state index contributed by atoms with van der Waals surface area (Å²) in [6, 6.07) is 30.3. The van der Waals surface area contributed by atoms with Crippen LogP contribution < -0.4 is 25.9 Å². The number of rotatable bonds is 11. The van der Waals surface area contributed by atoms with E-state index in [0.717, 1.165) is 28.4 Å². The van der Waals surface area contributed by atoms with E-state index in [-0.39, 0.29) is 36.0 Å². The number of anilines is 4. The first-order valence-electron chi connectivity index (χ1n) is 17.6. The predicted molar refractivity (Wildman–Crippen MR) is 204 cm³/mol. The standard InChI is InChI=1S/C40H44N6O5Si/c1-26-37(52(3,4)33-17-15-32(50-2)16-18-33)36(20-22-45-25-30(21-23-47)43-44-45)51-40(26)34-24-29(42-38(48)27-10-12-28(41)13-11-27)14-19-35(34)46(39(40)49)31-8-6-5-7-9-31/h5-19,24-26,36-37,47H,20-23,41H2,1-4H3,(H,42,48)/t26-,36+,37-,40+/m1/s1. The second-order valence-electron chi connectivity index (χ2n) is 14.2. The Morgan fingerprint density at radius 3 is 2.46 bits per heavy atom. The highest BCUT2D eigenvalue weighted by Crippen LogP contribution is 2.61. The Morgan fingerprint density at radius 2 is 1.77 bits per heavy atom. The quantitative estimate of drug-likeness (QED) is 0.118. The van der Waals surface area contributed by atoms with Crippen LogP contribution in [0, 0.1) is 5.92 Å². The smallest absolute Gasteiger partial charge is 0.268 e. The average molecular weight is 717 g/mol. The lowest BCUT2D eigenvalue weighted by Gasteiger charge is -2.37. The van der Waals surface area contributed by atoms with Gasteiger partial charge in [-0.2, -0.15) is 0 Å². The van der Waals surface area contributed by atoms with Crippen LogP contribution in [0.5, 0.6) is 5.75 Å². The van der Waals surface area contributed by atoms with Crippen molar-refractivity contribution in [1.82, 2.24) is 15.0 Å². The molecule has 1 spiro atoms. The second-order valence-corrected chi connectivity index (χ2v) is 18.9. The topological polar surface area (TPSA) is 145 Å². The van der Waals surface area contributed by atoms with Crippen molar-refractivity contribution in [2.75, 3.05) is 29.7 Å². The van der Waals surface area contributed by atoms with Gasteiger partial charge in [-0.3, -0.25) is 19.2 Å². The molecule has 1 saturated heterocycles. The summed E-state index contributed by atoms with van der Waals surface area (Å²) in [5, 5.41) is 22.2. The van der Waals surface area contributed by atoms with Crippen molar-refractivity contribution in [3.63, 3.8) is 0 Å². The van der Waals surface area contributed by atoms with E-state index in [2.05, 4.69) is 47.8 Å². The number of nitrogens with zero attached hydrogens (tertiary/aromatic N) is 4. The highest BCUT2D eigenvalue weighted by molar-refractivity contribution is 6.91. The summed E-state index contributed by atoms with van der Waals surface area (Å²) in [5.74, 6) is 0.108. The van der Waals surface area contributed by atoms with Crippen LogP contribution in [0.25, 0.3) is 0 Å². The summed E-state index contributed by atoms with van der Waals surface area (Å²) in [7, 11) is -0.737.